The molecule has 0 spiro atoms. The van der Waals surface area contributed by atoms with Gasteiger partial charge in [0.05, 0.1) is 5.91 Å². The number of hydrogen-bond donors (Lipinski definition) is 0. The minimum absolute atomic E-state index is 0. The van der Waals surface area contributed by atoms with E-state index >= 15 is 0 Å². The summed E-state index contributed by atoms with van der Waals surface area (Å²) in [7, 11) is 0. The minimum atomic E-state index is -0.203. The van der Waals surface area contributed by atoms with Gasteiger partial charge in [-0.05, 0) is 22.1 Å². The maximum absolute atomic E-state index is 12.6. The smallest absolute Gasteiger partial charge is 0.626 e. The van der Waals surface area contributed by atoms with Crippen LogP contribution >= 0.6 is 0 Å². The topological polar surface area (TPSA) is 31.2 Å². The average Bonchev–Trinajstić information content (AvgIpc) is 2.71. The second-order valence-corrected chi connectivity index (χ2v) is 6.35. The molecule has 130 valence electrons. The Kier molecular flexibility index (Phi) is 11.3. The average molecular weight is 410 g/mol. The van der Waals surface area contributed by atoms with E-state index in [0.717, 1.165) is 22.4 Å². The third-order valence-electron chi connectivity index (χ3n) is 3.81. The second kappa shape index (κ2) is 11.4. The van der Waals surface area contributed by atoms with E-state index in [-0.39, 0.29) is 75.4 Å². The van der Waals surface area contributed by atoms with E-state index in [4.69, 9.17) is 0 Å². The van der Waals surface area contributed by atoms with Crippen molar-refractivity contribution in [3.05, 3.63) is 59.4 Å². The third kappa shape index (κ3) is 5.85. The molecule has 0 bridgehead atoms. The molecule has 1 amide bonds. The van der Waals surface area contributed by atoms with Crippen LogP contribution in [0, 0.1) is 5.41 Å². The van der Waals surface area contributed by atoms with E-state index in [1.807, 2.05) is 64.1 Å². The summed E-state index contributed by atoms with van der Waals surface area (Å²) in [5.41, 5.74) is 3.87. The van der Waals surface area contributed by atoms with E-state index in [0.29, 0.717) is 0 Å². The first-order valence-corrected chi connectivity index (χ1v) is 8.92. The molecule has 1 unspecified atom stereocenters. The molecule has 3 rings (SSSR count). The van der Waals surface area contributed by atoms with Gasteiger partial charge >= 0.3 is 58.2 Å². The fourth-order valence-corrected chi connectivity index (χ4v) is 2.95. The zero-order chi connectivity index (χ0) is 18.3. The number of hydrogen-bond acceptors (Lipinski definition) is 1. The van der Waals surface area contributed by atoms with Gasteiger partial charge in [0.1, 0.15) is 0 Å². The van der Waals surface area contributed by atoms with Gasteiger partial charge in [-0.1, -0.05) is 97.0 Å². The first kappa shape index (κ1) is 24.7. The molecule has 0 N–H and O–H groups in total. The van der Waals surface area contributed by atoms with Crippen LogP contribution in [0.15, 0.2) is 48.5 Å². The molecular formula is C22H30NORb. The summed E-state index contributed by atoms with van der Waals surface area (Å²) >= 11 is 0. The zero-order valence-electron chi connectivity index (χ0n) is 17.1. The molecule has 0 aliphatic carbocycles. The number of nitrogens with zero attached hydrogens (tertiary/aromatic N) is 1. The molecular weight excluding hydrogens is 380 g/mol. The molecule has 0 fully saturated rings. The summed E-state index contributed by atoms with van der Waals surface area (Å²) in [4.78, 5) is 12.6. The van der Waals surface area contributed by atoms with E-state index in [9.17, 15) is 4.79 Å². The summed E-state index contributed by atoms with van der Waals surface area (Å²) in [5, 5.41) is 4.36. The number of benzene rings is 2. The van der Waals surface area contributed by atoms with Gasteiger partial charge in [-0.2, -0.15) is 0 Å². The summed E-state index contributed by atoms with van der Waals surface area (Å²) in [6.45, 7) is 14.3. The van der Waals surface area contributed by atoms with Crippen molar-refractivity contribution in [2.24, 2.45) is 5.41 Å². The molecule has 2 aromatic rings. The largest absolute Gasteiger partial charge is 1.00 e. The van der Waals surface area contributed by atoms with Crippen LogP contribution in [-0.2, 0) is 4.79 Å². The number of rotatable bonds is 0. The summed E-state index contributed by atoms with van der Waals surface area (Å²) < 4.78 is 0. The molecule has 2 nitrogen and oxygen atoms in total. The molecule has 0 radical (unpaired) electrons. The molecule has 1 aliphatic rings. The van der Waals surface area contributed by atoms with Crippen LogP contribution in [0.1, 0.15) is 59.9 Å². The predicted molar refractivity (Wildman–Crippen MR) is 105 cm³/mol. The number of amides is 1. The first-order valence-electron chi connectivity index (χ1n) is 8.92. The summed E-state index contributed by atoms with van der Waals surface area (Å²) in [5.74, 6) is -0.249. The van der Waals surface area contributed by atoms with Crippen LogP contribution in [0.3, 0.4) is 0 Å². The Morgan fingerprint density at radius 1 is 0.800 bits per heavy atom. The van der Waals surface area contributed by atoms with Crippen molar-refractivity contribution in [3.63, 3.8) is 0 Å². The maximum atomic E-state index is 12.6. The van der Waals surface area contributed by atoms with Crippen molar-refractivity contribution in [1.29, 1.82) is 0 Å². The fraction of sp³-hybridized carbons (Fsp3) is 0.409. The van der Waals surface area contributed by atoms with Crippen LogP contribution < -0.4 is 58.2 Å². The van der Waals surface area contributed by atoms with Crippen molar-refractivity contribution in [2.45, 2.75) is 54.4 Å². The maximum Gasteiger partial charge on any atom is 1.00 e. The molecule has 0 saturated carbocycles. The van der Waals surface area contributed by atoms with E-state index in [1.54, 1.807) is 0 Å². The molecule has 2 aromatic carbocycles. The molecule has 25 heavy (non-hydrogen) atoms. The molecule has 1 heterocycles. The van der Waals surface area contributed by atoms with E-state index in [1.165, 1.54) is 0 Å². The van der Waals surface area contributed by atoms with Crippen molar-refractivity contribution >= 4 is 11.6 Å². The van der Waals surface area contributed by atoms with Crippen molar-refractivity contribution < 1.29 is 63.0 Å². The summed E-state index contributed by atoms with van der Waals surface area (Å²) in [6.07, 6.45) is 0. The fourth-order valence-electron chi connectivity index (χ4n) is 2.95. The number of fused-ring (bicyclic) bond motifs is 3. The van der Waals surface area contributed by atoms with Crippen LogP contribution in [0.5, 0.6) is 0 Å². The Morgan fingerprint density at radius 3 is 1.84 bits per heavy atom. The Bertz CT molecular complexity index is 674. The van der Waals surface area contributed by atoms with Gasteiger partial charge in [0.2, 0.25) is 0 Å². The van der Waals surface area contributed by atoms with Crippen LogP contribution in [0.4, 0.5) is 5.69 Å². The van der Waals surface area contributed by atoms with Crippen molar-refractivity contribution in [2.75, 3.05) is 0 Å². The van der Waals surface area contributed by atoms with Crippen LogP contribution in [-0.4, -0.2) is 5.91 Å². The number of carbonyl (C=O) groups excluding carboxylic acids is 1. The standard InChI is InChI=1S/C18H19NO.2C2H6.Rb/c1-18(2,3)16-14-10-5-4-8-12(14)13-9-6-7-11-15(13)19-17(16)20;2*1-2;/h4-11,16H,1-3H3,(H,19,20);2*1-2H3;/q;;;+1/p-1. The van der Waals surface area contributed by atoms with Gasteiger partial charge in [-0.3, -0.25) is 0 Å². The number of para-hydroxylation sites is 1. The normalized spacial score (nSPS) is 14.7. The Hall–Kier alpha value is -0.285. The van der Waals surface area contributed by atoms with Gasteiger partial charge in [0.15, 0.2) is 0 Å². The zero-order valence-corrected chi connectivity index (χ0v) is 22.0. The SMILES string of the molecule is CC.CC.CC(C)(C)C1C(=O)[N-]c2ccccc2-c2ccccc21.[Rb+]. The van der Waals surface area contributed by atoms with Crippen LogP contribution in [0.25, 0.3) is 16.4 Å². The minimum Gasteiger partial charge on any atom is -0.626 e. The van der Waals surface area contributed by atoms with Crippen molar-refractivity contribution in [3.8, 4) is 11.1 Å². The molecule has 3 heteroatoms. The number of carbonyl (C=O) groups is 1. The quantitative estimate of drug-likeness (QED) is 0.644. The van der Waals surface area contributed by atoms with Gasteiger partial charge < -0.3 is 10.1 Å². The Labute approximate surface area is 202 Å². The van der Waals surface area contributed by atoms with Gasteiger partial charge in [0.25, 0.3) is 0 Å². The monoisotopic (exact) mass is 409 g/mol. The third-order valence-corrected chi connectivity index (χ3v) is 3.81. The molecule has 1 atom stereocenters. The van der Waals surface area contributed by atoms with E-state index < -0.39 is 0 Å². The predicted octanol–water partition coefficient (Wildman–Crippen LogP) is 4.09. The molecule has 0 saturated heterocycles. The molecule has 0 aromatic heterocycles. The van der Waals surface area contributed by atoms with Gasteiger partial charge in [0, 0.05) is 5.92 Å². The van der Waals surface area contributed by atoms with Gasteiger partial charge in [-0.25, -0.2) is 0 Å². The van der Waals surface area contributed by atoms with Crippen LogP contribution in [0.2, 0.25) is 0 Å². The first-order chi connectivity index (χ1) is 11.5. The van der Waals surface area contributed by atoms with Gasteiger partial charge in [-0.15, -0.1) is 5.69 Å². The van der Waals surface area contributed by atoms with Crippen molar-refractivity contribution in [1.82, 2.24) is 0 Å². The molecule has 1 aliphatic heterocycles. The second-order valence-electron chi connectivity index (χ2n) is 6.35. The Balaban J connectivity index is 0.00000108. The summed E-state index contributed by atoms with van der Waals surface area (Å²) in [6, 6.07) is 16.0. The van der Waals surface area contributed by atoms with E-state index in [2.05, 4.69) is 38.2 Å². The Morgan fingerprint density at radius 2 is 1.28 bits per heavy atom.